The topological polar surface area (TPSA) is 0 Å². The first-order chi connectivity index (χ1) is 6.09. The van der Waals surface area contributed by atoms with Crippen LogP contribution in [0.5, 0.6) is 0 Å². The molecule has 0 bridgehead atoms. The summed E-state index contributed by atoms with van der Waals surface area (Å²) < 4.78 is 1.44. The zero-order chi connectivity index (χ0) is 9.47. The van der Waals surface area contributed by atoms with Crippen molar-refractivity contribution in [2.24, 2.45) is 0 Å². The Kier molecular flexibility index (Phi) is 1.92. The van der Waals surface area contributed by atoms with Crippen molar-refractivity contribution < 1.29 is 0 Å². The van der Waals surface area contributed by atoms with Crippen molar-refractivity contribution in [2.75, 3.05) is 0 Å². The van der Waals surface area contributed by atoms with Crippen molar-refractivity contribution in [3.63, 3.8) is 0 Å². The highest BCUT2D eigenvalue weighted by Crippen LogP contribution is 2.32. The van der Waals surface area contributed by atoms with E-state index in [1.54, 1.807) is 0 Å². The minimum Gasteiger partial charge on any atom is -0.144 e. The van der Waals surface area contributed by atoms with E-state index in [2.05, 4.69) is 50.4 Å². The van der Waals surface area contributed by atoms with E-state index in [1.807, 2.05) is 11.3 Å². The first kappa shape index (κ1) is 8.76. The molecule has 0 aliphatic rings. The smallest absolute Gasteiger partial charge is 0.0380 e. The number of hydrogen-bond acceptors (Lipinski definition) is 1. The molecule has 0 spiro atoms. The van der Waals surface area contributed by atoms with E-state index < -0.39 is 0 Å². The third-order valence-electron chi connectivity index (χ3n) is 2.29. The van der Waals surface area contributed by atoms with E-state index in [0.29, 0.717) is 0 Å². The standard InChI is InChI=1S/C12H14S/c1-12(2,3)10-6-4-5-9-7-8-13-11(9)10/h4-8H,1-3H3. The Balaban J connectivity index is 2.75. The van der Waals surface area contributed by atoms with Crippen molar-refractivity contribution in [1.29, 1.82) is 0 Å². The van der Waals surface area contributed by atoms with Gasteiger partial charge in [-0.3, -0.25) is 0 Å². The lowest BCUT2D eigenvalue weighted by atomic mass is 9.86. The lowest BCUT2D eigenvalue weighted by Crippen LogP contribution is -2.10. The van der Waals surface area contributed by atoms with Gasteiger partial charge >= 0.3 is 0 Å². The Morgan fingerprint density at radius 2 is 1.85 bits per heavy atom. The van der Waals surface area contributed by atoms with Gasteiger partial charge < -0.3 is 0 Å². The number of benzene rings is 1. The fourth-order valence-corrected chi connectivity index (χ4v) is 2.71. The van der Waals surface area contributed by atoms with Crippen LogP contribution in [0, 0.1) is 0 Å². The van der Waals surface area contributed by atoms with Crippen LogP contribution in [0.3, 0.4) is 0 Å². The third kappa shape index (κ3) is 1.49. The van der Waals surface area contributed by atoms with Crippen molar-refractivity contribution in [1.82, 2.24) is 0 Å². The quantitative estimate of drug-likeness (QED) is 0.584. The molecule has 13 heavy (non-hydrogen) atoms. The molecule has 0 fully saturated rings. The molecular weight excluding hydrogens is 176 g/mol. The van der Waals surface area contributed by atoms with Gasteiger partial charge in [0.25, 0.3) is 0 Å². The minimum absolute atomic E-state index is 0.254. The first-order valence-electron chi connectivity index (χ1n) is 4.56. The summed E-state index contributed by atoms with van der Waals surface area (Å²) in [7, 11) is 0. The highest BCUT2D eigenvalue weighted by molar-refractivity contribution is 7.17. The third-order valence-corrected chi connectivity index (χ3v) is 3.25. The van der Waals surface area contributed by atoms with Crippen molar-refractivity contribution in [2.45, 2.75) is 26.2 Å². The normalized spacial score (nSPS) is 12.2. The molecular formula is C12H14S. The van der Waals surface area contributed by atoms with Crippen LogP contribution in [-0.2, 0) is 5.41 Å². The van der Waals surface area contributed by atoms with Gasteiger partial charge in [-0.15, -0.1) is 11.3 Å². The molecule has 1 heterocycles. The minimum atomic E-state index is 0.254. The largest absolute Gasteiger partial charge is 0.144 e. The summed E-state index contributed by atoms with van der Waals surface area (Å²) in [4.78, 5) is 0. The molecule has 0 saturated carbocycles. The lowest BCUT2D eigenvalue weighted by Gasteiger charge is -2.19. The highest BCUT2D eigenvalue weighted by Gasteiger charge is 2.16. The molecule has 0 N–H and O–H groups in total. The van der Waals surface area contributed by atoms with Crippen LogP contribution in [0.2, 0.25) is 0 Å². The Morgan fingerprint density at radius 1 is 1.08 bits per heavy atom. The maximum absolute atomic E-state index is 2.27. The molecule has 1 aromatic heterocycles. The van der Waals surface area contributed by atoms with Gasteiger partial charge in [-0.1, -0.05) is 39.0 Å². The molecule has 0 atom stereocenters. The predicted octanol–water partition coefficient (Wildman–Crippen LogP) is 4.20. The lowest BCUT2D eigenvalue weighted by molar-refractivity contribution is 0.597. The van der Waals surface area contributed by atoms with Crippen molar-refractivity contribution >= 4 is 21.4 Å². The van der Waals surface area contributed by atoms with Gasteiger partial charge in [-0.25, -0.2) is 0 Å². The van der Waals surface area contributed by atoms with Gasteiger partial charge in [0.2, 0.25) is 0 Å². The summed E-state index contributed by atoms with van der Waals surface area (Å²) in [6.07, 6.45) is 0. The molecule has 1 heteroatoms. The SMILES string of the molecule is CC(C)(C)c1cccc2ccsc12. The zero-order valence-electron chi connectivity index (χ0n) is 8.29. The van der Waals surface area contributed by atoms with E-state index >= 15 is 0 Å². The first-order valence-corrected chi connectivity index (χ1v) is 5.44. The van der Waals surface area contributed by atoms with Crippen molar-refractivity contribution in [3.8, 4) is 0 Å². The van der Waals surface area contributed by atoms with Crippen LogP contribution in [0.25, 0.3) is 10.1 Å². The Bertz CT molecular complexity index is 418. The highest BCUT2D eigenvalue weighted by atomic mass is 32.1. The van der Waals surface area contributed by atoms with Gasteiger partial charge in [0.1, 0.15) is 0 Å². The summed E-state index contributed by atoms with van der Waals surface area (Å²) in [6, 6.07) is 8.75. The Morgan fingerprint density at radius 3 is 2.54 bits per heavy atom. The molecule has 0 saturated heterocycles. The fraction of sp³-hybridized carbons (Fsp3) is 0.333. The number of fused-ring (bicyclic) bond motifs is 1. The Hall–Kier alpha value is -0.820. The summed E-state index contributed by atoms with van der Waals surface area (Å²) in [5, 5.41) is 3.54. The molecule has 1 aromatic carbocycles. The number of thiophene rings is 1. The molecule has 0 amide bonds. The average Bonchev–Trinajstić information content (AvgIpc) is 2.48. The molecule has 0 unspecified atom stereocenters. The summed E-state index contributed by atoms with van der Waals surface area (Å²) in [5.74, 6) is 0. The van der Waals surface area contributed by atoms with E-state index in [9.17, 15) is 0 Å². The van der Waals surface area contributed by atoms with Crippen LogP contribution in [0.15, 0.2) is 29.6 Å². The van der Waals surface area contributed by atoms with Crippen LogP contribution >= 0.6 is 11.3 Å². The maximum Gasteiger partial charge on any atom is 0.0380 e. The van der Waals surface area contributed by atoms with Gasteiger partial charge in [0, 0.05) is 4.70 Å². The molecule has 68 valence electrons. The van der Waals surface area contributed by atoms with E-state index in [1.165, 1.54) is 15.6 Å². The number of hydrogen-bond donors (Lipinski definition) is 0. The molecule has 0 aliphatic carbocycles. The van der Waals surface area contributed by atoms with Crippen LogP contribution < -0.4 is 0 Å². The fourth-order valence-electron chi connectivity index (χ4n) is 1.58. The molecule has 0 aliphatic heterocycles. The van der Waals surface area contributed by atoms with Crippen LogP contribution in [-0.4, -0.2) is 0 Å². The monoisotopic (exact) mass is 190 g/mol. The van der Waals surface area contributed by atoms with Crippen LogP contribution in [0.1, 0.15) is 26.3 Å². The predicted molar refractivity (Wildman–Crippen MR) is 60.5 cm³/mol. The second-order valence-electron chi connectivity index (χ2n) is 4.39. The van der Waals surface area contributed by atoms with Gasteiger partial charge in [-0.05, 0) is 27.8 Å². The molecule has 2 rings (SSSR count). The van der Waals surface area contributed by atoms with Gasteiger partial charge in [-0.2, -0.15) is 0 Å². The molecule has 0 radical (unpaired) electrons. The summed E-state index contributed by atoms with van der Waals surface area (Å²) >= 11 is 1.84. The van der Waals surface area contributed by atoms with Gasteiger partial charge in [0.05, 0.1) is 0 Å². The van der Waals surface area contributed by atoms with E-state index in [0.717, 1.165) is 0 Å². The maximum atomic E-state index is 2.27. The summed E-state index contributed by atoms with van der Waals surface area (Å²) in [5.41, 5.74) is 1.71. The Labute approximate surface area is 83.2 Å². The van der Waals surface area contributed by atoms with E-state index in [4.69, 9.17) is 0 Å². The van der Waals surface area contributed by atoms with Crippen LogP contribution in [0.4, 0.5) is 0 Å². The van der Waals surface area contributed by atoms with E-state index in [-0.39, 0.29) is 5.41 Å². The second kappa shape index (κ2) is 2.85. The average molecular weight is 190 g/mol. The van der Waals surface area contributed by atoms with Gasteiger partial charge in [0.15, 0.2) is 0 Å². The number of rotatable bonds is 0. The molecule has 2 aromatic rings. The summed E-state index contributed by atoms with van der Waals surface area (Å²) in [6.45, 7) is 6.80. The molecule has 0 nitrogen and oxygen atoms in total. The zero-order valence-corrected chi connectivity index (χ0v) is 9.11. The van der Waals surface area contributed by atoms with Crippen molar-refractivity contribution in [3.05, 3.63) is 35.2 Å². The second-order valence-corrected chi connectivity index (χ2v) is 5.31.